The lowest BCUT2D eigenvalue weighted by Crippen LogP contribution is -2.09. The van der Waals surface area contributed by atoms with Crippen molar-refractivity contribution in [2.45, 2.75) is 33.1 Å². The summed E-state index contributed by atoms with van der Waals surface area (Å²) in [7, 11) is 1.78. The van der Waals surface area contributed by atoms with Gasteiger partial charge in [0.05, 0.1) is 6.61 Å². The van der Waals surface area contributed by atoms with Crippen LogP contribution in [0.4, 0.5) is 0 Å². The molecule has 2 nitrogen and oxygen atoms in total. The van der Waals surface area contributed by atoms with Gasteiger partial charge in [0.1, 0.15) is 5.76 Å². The molecule has 1 rings (SSSR count). The van der Waals surface area contributed by atoms with Crippen LogP contribution >= 0.6 is 0 Å². The van der Waals surface area contributed by atoms with E-state index in [-0.39, 0.29) is 0 Å². The van der Waals surface area contributed by atoms with Gasteiger partial charge in [-0.15, -0.1) is 0 Å². The summed E-state index contributed by atoms with van der Waals surface area (Å²) in [4.78, 5) is 4.07. The largest absolute Gasteiger partial charge is 0.493 e. The molecule has 0 aromatic rings. The number of hydrogen-bond acceptors (Lipinski definition) is 2. The summed E-state index contributed by atoms with van der Waals surface area (Å²) in [5.74, 6) is 0.914. The first-order valence-electron chi connectivity index (χ1n) is 6.45. The maximum absolute atomic E-state index is 5.78. The SMILES string of the molecule is C=CC1=C(C(=C)/C(CC)=C(\C)C=NC)OCCC1. The molecule has 1 heterocycles. The molecule has 0 aromatic carbocycles. The molecule has 0 amide bonds. The predicted octanol–water partition coefficient (Wildman–Crippen LogP) is 4.22. The van der Waals surface area contributed by atoms with Gasteiger partial charge in [0.2, 0.25) is 0 Å². The standard InChI is InChI=1S/C16H23NO/c1-6-14-9-8-10-18-16(14)13(4)15(7-2)12(3)11-17-5/h6,11H,1,4,7-10H2,2-3,5H3/b15-12+,17-11?. The number of ether oxygens (including phenoxy) is 1. The molecule has 0 atom stereocenters. The van der Waals surface area contributed by atoms with Gasteiger partial charge in [-0.1, -0.05) is 26.2 Å². The third-order valence-corrected chi connectivity index (χ3v) is 3.17. The molecule has 2 heteroatoms. The molecule has 0 N–H and O–H groups in total. The quantitative estimate of drug-likeness (QED) is 0.525. The lowest BCUT2D eigenvalue weighted by Gasteiger charge is -2.23. The molecule has 0 aromatic heterocycles. The minimum atomic E-state index is 0.767. The second kappa shape index (κ2) is 7.00. The zero-order chi connectivity index (χ0) is 13.5. The highest BCUT2D eigenvalue weighted by atomic mass is 16.5. The van der Waals surface area contributed by atoms with Crippen molar-refractivity contribution in [2.75, 3.05) is 13.7 Å². The number of allylic oxidation sites excluding steroid dienone is 4. The minimum Gasteiger partial charge on any atom is -0.493 e. The van der Waals surface area contributed by atoms with Crippen LogP contribution in [-0.4, -0.2) is 19.9 Å². The normalized spacial score (nSPS) is 17.5. The average molecular weight is 245 g/mol. The molecule has 1 aliphatic rings. The molecule has 0 saturated heterocycles. The summed E-state index contributed by atoms with van der Waals surface area (Å²) < 4.78 is 5.78. The van der Waals surface area contributed by atoms with Gasteiger partial charge in [-0.2, -0.15) is 0 Å². The zero-order valence-corrected chi connectivity index (χ0v) is 11.8. The van der Waals surface area contributed by atoms with E-state index in [1.54, 1.807) is 7.05 Å². The second-order valence-corrected chi connectivity index (χ2v) is 4.39. The summed E-state index contributed by atoms with van der Waals surface area (Å²) >= 11 is 0. The van der Waals surface area contributed by atoms with Crippen LogP contribution in [0.2, 0.25) is 0 Å². The summed E-state index contributed by atoms with van der Waals surface area (Å²) in [6.45, 7) is 13.0. The van der Waals surface area contributed by atoms with E-state index in [1.165, 1.54) is 11.1 Å². The van der Waals surface area contributed by atoms with Gasteiger partial charge >= 0.3 is 0 Å². The van der Waals surface area contributed by atoms with Crippen molar-refractivity contribution in [1.29, 1.82) is 0 Å². The summed E-state index contributed by atoms with van der Waals surface area (Å²) in [5.41, 5.74) is 4.50. The molecule has 98 valence electrons. The highest BCUT2D eigenvalue weighted by Gasteiger charge is 2.17. The Bertz CT molecular complexity index is 424. The van der Waals surface area contributed by atoms with Crippen molar-refractivity contribution in [1.82, 2.24) is 0 Å². The Balaban J connectivity index is 3.15. The Morgan fingerprint density at radius 1 is 1.50 bits per heavy atom. The number of nitrogens with zero attached hydrogens (tertiary/aromatic N) is 1. The molecular formula is C16H23NO. The Hall–Kier alpha value is -1.57. The molecule has 0 fully saturated rings. The molecule has 18 heavy (non-hydrogen) atoms. The molecular weight excluding hydrogens is 222 g/mol. The lowest BCUT2D eigenvalue weighted by atomic mass is 9.94. The van der Waals surface area contributed by atoms with E-state index < -0.39 is 0 Å². The lowest BCUT2D eigenvalue weighted by molar-refractivity contribution is 0.198. The van der Waals surface area contributed by atoms with Crippen molar-refractivity contribution in [3.8, 4) is 0 Å². The number of aliphatic imine (C=N–C) groups is 1. The fraction of sp³-hybridized carbons (Fsp3) is 0.438. The van der Waals surface area contributed by atoms with Crippen molar-refractivity contribution < 1.29 is 4.74 Å². The van der Waals surface area contributed by atoms with Gasteiger partial charge in [-0.25, -0.2) is 0 Å². The first-order chi connectivity index (χ1) is 8.65. The third kappa shape index (κ3) is 3.22. The maximum Gasteiger partial charge on any atom is 0.129 e. The number of rotatable bonds is 5. The second-order valence-electron chi connectivity index (χ2n) is 4.39. The van der Waals surface area contributed by atoms with Crippen LogP contribution in [0.5, 0.6) is 0 Å². The van der Waals surface area contributed by atoms with E-state index >= 15 is 0 Å². The molecule has 0 spiro atoms. The van der Waals surface area contributed by atoms with Crippen molar-refractivity contribution in [2.24, 2.45) is 4.99 Å². The van der Waals surface area contributed by atoms with Crippen LogP contribution < -0.4 is 0 Å². The Morgan fingerprint density at radius 3 is 2.78 bits per heavy atom. The van der Waals surface area contributed by atoms with Crippen molar-refractivity contribution in [3.05, 3.63) is 47.3 Å². The van der Waals surface area contributed by atoms with Crippen LogP contribution in [0.1, 0.15) is 33.1 Å². The van der Waals surface area contributed by atoms with Gasteiger partial charge in [0.15, 0.2) is 0 Å². The topological polar surface area (TPSA) is 21.6 Å². The van der Waals surface area contributed by atoms with E-state index in [4.69, 9.17) is 4.74 Å². The predicted molar refractivity (Wildman–Crippen MR) is 79.0 cm³/mol. The summed E-state index contributed by atoms with van der Waals surface area (Å²) in [6.07, 6.45) is 6.76. The van der Waals surface area contributed by atoms with Crippen LogP contribution in [0, 0.1) is 0 Å². The van der Waals surface area contributed by atoms with E-state index in [2.05, 4.69) is 32.0 Å². The van der Waals surface area contributed by atoms with Crippen LogP contribution in [0.25, 0.3) is 0 Å². The van der Waals surface area contributed by atoms with Gasteiger partial charge < -0.3 is 4.74 Å². The minimum absolute atomic E-state index is 0.767. The van der Waals surface area contributed by atoms with Crippen LogP contribution in [0.15, 0.2) is 52.3 Å². The van der Waals surface area contributed by atoms with Gasteiger partial charge in [-0.05, 0) is 42.9 Å². The van der Waals surface area contributed by atoms with E-state index in [1.807, 2.05) is 12.3 Å². The van der Waals surface area contributed by atoms with E-state index in [0.717, 1.165) is 42.8 Å². The molecule has 0 saturated carbocycles. The monoisotopic (exact) mass is 245 g/mol. The Morgan fingerprint density at radius 2 is 2.22 bits per heavy atom. The average Bonchev–Trinajstić information content (AvgIpc) is 2.39. The maximum atomic E-state index is 5.78. The van der Waals surface area contributed by atoms with Crippen LogP contribution in [-0.2, 0) is 4.74 Å². The fourth-order valence-electron chi connectivity index (χ4n) is 2.26. The Kier molecular flexibility index (Phi) is 5.63. The molecule has 0 unspecified atom stereocenters. The first-order valence-corrected chi connectivity index (χ1v) is 6.45. The van der Waals surface area contributed by atoms with Crippen molar-refractivity contribution in [3.63, 3.8) is 0 Å². The van der Waals surface area contributed by atoms with Gasteiger partial charge in [0, 0.05) is 18.8 Å². The van der Waals surface area contributed by atoms with Crippen molar-refractivity contribution >= 4 is 6.21 Å². The van der Waals surface area contributed by atoms with Crippen LogP contribution in [0.3, 0.4) is 0 Å². The smallest absolute Gasteiger partial charge is 0.129 e. The zero-order valence-electron chi connectivity index (χ0n) is 11.8. The third-order valence-electron chi connectivity index (χ3n) is 3.17. The van der Waals surface area contributed by atoms with Gasteiger partial charge in [0.25, 0.3) is 0 Å². The molecule has 1 aliphatic heterocycles. The van der Waals surface area contributed by atoms with E-state index in [0.29, 0.717) is 0 Å². The summed E-state index contributed by atoms with van der Waals surface area (Å²) in [6, 6.07) is 0. The first kappa shape index (κ1) is 14.5. The Labute approximate surface area is 110 Å². The summed E-state index contributed by atoms with van der Waals surface area (Å²) in [5, 5.41) is 0. The highest BCUT2D eigenvalue weighted by molar-refractivity contribution is 5.80. The highest BCUT2D eigenvalue weighted by Crippen LogP contribution is 2.31. The molecule has 0 bridgehead atoms. The number of hydrogen-bond donors (Lipinski definition) is 0. The molecule has 0 aliphatic carbocycles. The van der Waals surface area contributed by atoms with E-state index in [9.17, 15) is 0 Å². The van der Waals surface area contributed by atoms with Gasteiger partial charge in [-0.3, -0.25) is 4.99 Å². The fourth-order valence-corrected chi connectivity index (χ4v) is 2.26. The molecule has 0 radical (unpaired) electrons.